The second-order valence-corrected chi connectivity index (χ2v) is 10.2. The van der Waals surface area contributed by atoms with Crippen molar-refractivity contribution in [2.75, 3.05) is 17.7 Å². The summed E-state index contributed by atoms with van der Waals surface area (Å²) < 4.78 is 20.9. The van der Waals surface area contributed by atoms with Gasteiger partial charge in [-0.25, -0.2) is 9.07 Å². The van der Waals surface area contributed by atoms with Gasteiger partial charge >= 0.3 is 0 Å². The summed E-state index contributed by atoms with van der Waals surface area (Å²) in [4.78, 5) is 24.8. The molecule has 2 amide bonds. The summed E-state index contributed by atoms with van der Waals surface area (Å²) >= 11 is 2.39. The highest BCUT2D eigenvalue weighted by atomic mass is 32.2. The third-order valence-corrected chi connectivity index (χ3v) is 5.89. The molecule has 0 aliphatic carbocycles. The zero-order chi connectivity index (χ0) is 24.0. The Labute approximate surface area is 199 Å². The summed E-state index contributed by atoms with van der Waals surface area (Å²) in [7, 11) is 0. The fourth-order valence-corrected chi connectivity index (χ4v) is 4.16. The SMILES string of the molecule is CCCOc1cn(-c2ccc(F)cc2)nc1C(=O)Nc1nnc(SCC(=O)NC(C)(C)C)s1. The molecule has 2 aromatic heterocycles. The van der Waals surface area contributed by atoms with Crippen molar-refractivity contribution in [1.29, 1.82) is 0 Å². The van der Waals surface area contributed by atoms with Crippen LogP contribution in [0, 0.1) is 5.82 Å². The number of hydrogen-bond donors (Lipinski definition) is 2. The van der Waals surface area contributed by atoms with Gasteiger partial charge in [0.25, 0.3) is 5.91 Å². The zero-order valence-corrected chi connectivity index (χ0v) is 20.3. The highest BCUT2D eigenvalue weighted by Crippen LogP contribution is 2.27. The minimum absolute atomic E-state index is 0.0710. The normalized spacial score (nSPS) is 11.3. The van der Waals surface area contributed by atoms with Gasteiger partial charge in [0, 0.05) is 5.54 Å². The second-order valence-electron chi connectivity index (χ2n) is 8.03. The zero-order valence-electron chi connectivity index (χ0n) is 18.7. The number of rotatable bonds is 9. The first-order valence-electron chi connectivity index (χ1n) is 10.2. The number of carbonyl (C=O) groups is 2. The summed E-state index contributed by atoms with van der Waals surface area (Å²) in [6.45, 7) is 8.08. The molecule has 0 aliphatic heterocycles. The Morgan fingerprint density at radius 2 is 1.94 bits per heavy atom. The monoisotopic (exact) mass is 492 g/mol. The molecule has 0 aliphatic rings. The molecule has 9 nitrogen and oxygen atoms in total. The topological polar surface area (TPSA) is 111 Å². The molecule has 3 aromatic rings. The van der Waals surface area contributed by atoms with E-state index < -0.39 is 5.91 Å². The number of hydrogen-bond acceptors (Lipinski definition) is 8. The maximum absolute atomic E-state index is 13.2. The highest BCUT2D eigenvalue weighted by molar-refractivity contribution is 8.01. The molecule has 12 heteroatoms. The Bertz CT molecular complexity index is 1110. The summed E-state index contributed by atoms with van der Waals surface area (Å²) in [6, 6.07) is 5.73. The van der Waals surface area contributed by atoms with Gasteiger partial charge in [0.15, 0.2) is 15.8 Å². The minimum atomic E-state index is -0.514. The molecule has 0 unspecified atom stereocenters. The lowest BCUT2D eigenvalue weighted by atomic mass is 10.1. The second kappa shape index (κ2) is 10.8. The molecule has 0 saturated carbocycles. The van der Waals surface area contributed by atoms with E-state index >= 15 is 0 Å². The minimum Gasteiger partial charge on any atom is -0.489 e. The Kier molecular flexibility index (Phi) is 8.03. The van der Waals surface area contributed by atoms with E-state index in [1.54, 1.807) is 18.3 Å². The van der Waals surface area contributed by atoms with Crippen LogP contribution in [0.25, 0.3) is 5.69 Å². The smallest absolute Gasteiger partial charge is 0.281 e. The molecule has 0 spiro atoms. The molecule has 0 saturated heterocycles. The number of thioether (sulfide) groups is 1. The molecular formula is C21H25FN6O3S2. The van der Waals surface area contributed by atoms with Crippen LogP contribution >= 0.6 is 23.1 Å². The molecule has 1 aromatic carbocycles. The Balaban J connectivity index is 1.69. The highest BCUT2D eigenvalue weighted by Gasteiger charge is 2.21. The lowest BCUT2D eigenvalue weighted by molar-refractivity contribution is -0.119. The van der Waals surface area contributed by atoms with E-state index in [9.17, 15) is 14.0 Å². The van der Waals surface area contributed by atoms with Crippen LogP contribution in [-0.4, -0.2) is 49.7 Å². The van der Waals surface area contributed by atoms with Crippen LogP contribution in [0.5, 0.6) is 5.75 Å². The number of benzene rings is 1. The molecule has 0 fully saturated rings. The summed E-state index contributed by atoms with van der Waals surface area (Å²) in [5, 5.41) is 18.1. The quantitative estimate of drug-likeness (QED) is 0.344. The van der Waals surface area contributed by atoms with Gasteiger partial charge in [-0.15, -0.1) is 10.2 Å². The van der Waals surface area contributed by atoms with Crippen molar-refractivity contribution < 1.29 is 18.7 Å². The Hall–Kier alpha value is -2.99. The summed E-state index contributed by atoms with van der Waals surface area (Å²) in [5.74, 6) is -0.502. The van der Waals surface area contributed by atoms with Crippen molar-refractivity contribution in [2.24, 2.45) is 0 Å². The van der Waals surface area contributed by atoms with E-state index in [1.807, 2.05) is 27.7 Å². The predicted octanol–water partition coefficient (Wildman–Crippen LogP) is 3.91. The molecule has 0 radical (unpaired) electrons. The van der Waals surface area contributed by atoms with Crippen LogP contribution in [0.15, 0.2) is 34.8 Å². The maximum atomic E-state index is 13.2. The van der Waals surface area contributed by atoms with Crippen molar-refractivity contribution in [3.63, 3.8) is 0 Å². The fourth-order valence-electron chi connectivity index (χ4n) is 2.62. The third kappa shape index (κ3) is 7.26. The summed E-state index contributed by atoms with van der Waals surface area (Å²) in [6.07, 6.45) is 2.33. The van der Waals surface area contributed by atoms with E-state index in [4.69, 9.17) is 4.74 Å². The number of anilines is 1. The number of carbonyl (C=O) groups excluding carboxylic acids is 2. The molecule has 0 atom stereocenters. The molecule has 2 heterocycles. The first-order valence-corrected chi connectivity index (χ1v) is 12.0. The van der Waals surface area contributed by atoms with Gasteiger partial charge in [-0.05, 0) is 51.5 Å². The average molecular weight is 493 g/mol. The lowest BCUT2D eigenvalue weighted by Crippen LogP contribution is -2.41. The van der Waals surface area contributed by atoms with Gasteiger partial charge in [-0.3, -0.25) is 14.9 Å². The molecule has 2 N–H and O–H groups in total. The number of amides is 2. The Morgan fingerprint density at radius 3 is 2.61 bits per heavy atom. The van der Waals surface area contributed by atoms with Crippen LogP contribution in [0.4, 0.5) is 9.52 Å². The largest absolute Gasteiger partial charge is 0.489 e. The van der Waals surface area contributed by atoms with E-state index in [1.165, 1.54) is 28.6 Å². The number of nitrogens with one attached hydrogen (secondary N) is 2. The van der Waals surface area contributed by atoms with Gasteiger partial charge in [0.05, 0.1) is 24.2 Å². The van der Waals surface area contributed by atoms with Crippen molar-refractivity contribution in [1.82, 2.24) is 25.3 Å². The van der Waals surface area contributed by atoms with Gasteiger partial charge in [0.2, 0.25) is 11.0 Å². The van der Waals surface area contributed by atoms with Crippen molar-refractivity contribution in [3.8, 4) is 11.4 Å². The van der Waals surface area contributed by atoms with Gasteiger partial charge in [-0.2, -0.15) is 5.10 Å². The van der Waals surface area contributed by atoms with Crippen molar-refractivity contribution >= 4 is 40.0 Å². The average Bonchev–Trinajstić information content (AvgIpc) is 3.37. The van der Waals surface area contributed by atoms with Gasteiger partial charge < -0.3 is 10.1 Å². The maximum Gasteiger partial charge on any atom is 0.281 e. The molecule has 3 rings (SSSR count). The van der Waals surface area contributed by atoms with E-state index in [0.29, 0.717) is 22.4 Å². The van der Waals surface area contributed by atoms with E-state index in [2.05, 4.69) is 25.9 Å². The van der Waals surface area contributed by atoms with E-state index in [-0.39, 0.29) is 33.8 Å². The third-order valence-electron chi connectivity index (χ3n) is 3.92. The Morgan fingerprint density at radius 1 is 1.21 bits per heavy atom. The first-order chi connectivity index (χ1) is 15.6. The van der Waals surface area contributed by atoms with Crippen LogP contribution in [-0.2, 0) is 4.79 Å². The number of ether oxygens (including phenoxy) is 1. The molecular weight excluding hydrogens is 467 g/mol. The van der Waals surface area contributed by atoms with Gasteiger partial charge in [-0.1, -0.05) is 30.0 Å². The number of aromatic nitrogens is 4. The summed E-state index contributed by atoms with van der Waals surface area (Å²) in [5.41, 5.74) is 0.342. The van der Waals surface area contributed by atoms with Crippen LogP contribution in [0.3, 0.4) is 0 Å². The van der Waals surface area contributed by atoms with Gasteiger partial charge in [0.1, 0.15) is 5.82 Å². The predicted molar refractivity (Wildman–Crippen MR) is 126 cm³/mol. The molecule has 176 valence electrons. The molecule has 33 heavy (non-hydrogen) atoms. The van der Waals surface area contributed by atoms with E-state index in [0.717, 1.165) is 17.8 Å². The van der Waals surface area contributed by atoms with Crippen LogP contribution < -0.4 is 15.4 Å². The first kappa shape index (κ1) is 24.6. The number of nitrogens with zero attached hydrogens (tertiary/aromatic N) is 4. The van der Waals surface area contributed by atoms with Crippen LogP contribution in [0.1, 0.15) is 44.6 Å². The van der Waals surface area contributed by atoms with Crippen LogP contribution in [0.2, 0.25) is 0 Å². The fraction of sp³-hybridized carbons (Fsp3) is 0.381. The molecule has 0 bridgehead atoms. The lowest BCUT2D eigenvalue weighted by Gasteiger charge is -2.19. The van der Waals surface area contributed by atoms with Crippen molar-refractivity contribution in [2.45, 2.75) is 44.0 Å². The standard InChI is InChI=1S/C21H25FN6O3S2/c1-5-10-31-15-11-28(14-8-6-13(22)7-9-14)27-17(15)18(30)23-19-25-26-20(33-19)32-12-16(29)24-21(2,3)4/h6-9,11H,5,10,12H2,1-4H3,(H,24,29)(H,23,25,30). The van der Waals surface area contributed by atoms with Crippen molar-refractivity contribution in [3.05, 3.63) is 42.0 Å². The number of halogens is 1.